The molecular formula is C10H14N2O5Se. The summed E-state index contributed by atoms with van der Waals surface area (Å²) in [6.45, 7) is -0.365. The molecule has 0 aromatic carbocycles. The Labute approximate surface area is 109 Å². The van der Waals surface area contributed by atoms with E-state index in [0.29, 0.717) is 10.3 Å². The first-order valence-electron chi connectivity index (χ1n) is 5.38. The summed E-state index contributed by atoms with van der Waals surface area (Å²) in [5.41, 5.74) is 5.63. The number of amides is 1. The predicted molar refractivity (Wildman–Crippen MR) is 60.8 cm³/mol. The van der Waals surface area contributed by atoms with Crippen LogP contribution in [0.3, 0.4) is 0 Å². The number of primary amides is 1. The third-order valence-corrected chi connectivity index (χ3v) is 4.71. The van der Waals surface area contributed by atoms with Crippen molar-refractivity contribution < 1.29 is 24.9 Å². The summed E-state index contributed by atoms with van der Waals surface area (Å²) in [5.74, 6) is -0.469. The molecule has 5 N–H and O–H groups in total. The maximum absolute atomic E-state index is 10.8. The zero-order valence-corrected chi connectivity index (χ0v) is 11.1. The SMILES string of the molecule is NC(=O)Cc1c[se]c([C@@H]2O[C@H](CO)[C@@H](O)[C@H]2O)n1. The fourth-order valence-electron chi connectivity index (χ4n) is 1.82. The van der Waals surface area contributed by atoms with Crippen LogP contribution in [0.25, 0.3) is 0 Å². The molecule has 4 atom stereocenters. The van der Waals surface area contributed by atoms with E-state index in [4.69, 9.17) is 15.6 Å². The number of aliphatic hydroxyl groups excluding tert-OH is 3. The molecule has 1 fully saturated rings. The molecule has 0 spiro atoms. The molecule has 0 radical (unpaired) electrons. The van der Waals surface area contributed by atoms with Crippen LogP contribution in [0.2, 0.25) is 0 Å². The van der Waals surface area contributed by atoms with E-state index >= 15 is 0 Å². The Bertz CT molecular complexity index is 438. The topological polar surface area (TPSA) is 126 Å². The van der Waals surface area contributed by atoms with Crippen LogP contribution in [-0.4, -0.2) is 65.6 Å². The molecule has 1 aromatic rings. The third kappa shape index (κ3) is 2.64. The van der Waals surface area contributed by atoms with Gasteiger partial charge in [0.1, 0.15) is 0 Å². The third-order valence-electron chi connectivity index (χ3n) is 2.71. The molecule has 18 heavy (non-hydrogen) atoms. The second-order valence-electron chi connectivity index (χ2n) is 4.08. The average molecular weight is 321 g/mol. The molecule has 0 saturated carbocycles. The van der Waals surface area contributed by atoms with E-state index in [1.165, 1.54) is 0 Å². The molecule has 2 heterocycles. The summed E-state index contributed by atoms with van der Waals surface area (Å²) < 4.78 is 5.96. The van der Waals surface area contributed by atoms with E-state index < -0.39 is 30.3 Å². The van der Waals surface area contributed by atoms with Crippen molar-refractivity contribution in [1.82, 2.24) is 4.98 Å². The van der Waals surface area contributed by atoms with Crippen LogP contribution in [0.5, 0.6) is 0 Å². The number of aromatic nitrogens is 1. The van der Waals surface area contributed by atoms with Crippen LogP contribution in [0, 0.1) is 0 Å². The summed E-state index contributed by atoms with van der Waals surface area (Å²) in [6, 6.07) is 0. The van der Waals surface area contributed by atoms with E-state index in [1.54, 1.807) is 4.94 Å². The maximum atomic E-state index is 10.8. The van der Waals surface area contributed by atoms with Gasteiger partial charge in [0.05, 0.1) is 0 Å². The Morgan fingerprint density at radius 3 is 2.78 bits per heavy atom. The zero-order valence-electron chi connectivity index (χ0n) is 9.39. The Balaban J connectivity index is 2.12. The van der Waals surface area contributed by atoms with E-state index in [-0.39, 0.29) is 27.5 Å². The molecule has 1 aliphatic rings. The van der Waals surface area contributed by atoms with Crippen LogP contribution >= 0.6 is 0 Å². The van der Waals surface area contributed by atoms with Crippen LogP contribution in [0.15, 0.2) is 4.94 Å². The predicted octanol–water partition coefficient (Wildman–Crippen LogP) is -2.68. The Kier molecular flexibility index (Phi) is 4.16. The molecule has 0 unspecified atom stereocenters. The van der Waals surface area contributed by atoms with Gasteiger partial charge in [0.15, 0.2) is 0 Å². The van der Waals surface area contributed by atoms with Gasteiger partial charge in [-0.3, -0.25) is 0 Å². The molecular weight excluding hydrogens is 307 g/mol. The van der Waals surface area contributed by atoms with E-state index in [9.17, 15) is 15.0 Å². The van der Waals surface area contributed by atoms with Gasteiger partial charge in [0.2, 0.25) is 0 Å². The first-order valence-corrected chi connectivity index (χ1v) is 7.22. The van der Waals surface area contributed by atoms with E-state index in [1.807, 2.05) is 0 Å². The summed E-state index contributed by atoms with van der Waals surface area (Å²) in [7, 11) is 0. The van der Waals surface area contributed by atoms with Gasteiger partial charge < -0.3 is 0 Å². The summed E-state index contributed by atoms with van der Waals surface area (Å²) in [5, 5.41) is 28.4. The first-order chi connectivity index (χ1) is 8.52. The van der Waals surface area contributed by atoms with Gasteiger partial charge in [-0.2, -0.15) is 0 Å². The Hall–Kier alpha value is -0.761. The number of nitrogens with two attached hydrogens (primary N) is 1. The van der Waals surface area contributed by atoms with Crippen molar-refractivity contribution >= 4 is 20.4 Å². The first kappa shape index (κ1) is 13.7. The second kappa shape index (κ2) is 5.48. The molecule has 1 aromatic heterocycles. The number of carbonyl (C=O) groups is 1. The number of rotatable bonds is 4. The van der Waals surface area contributed by atoms with E-state index in [0.717, 1.165) is 0 Å². The summed E-state index contributed by atoms with van der Waals surface area (Å²) >= 11 is -0.138. The fraction of sp³-hybridized carbons (Fsp3) is 0.600. The fourth-order valence-corrected chi connectivity index (χ4v) is 3.69. The van der Waals surface area contributed by atoms with E-state index in [2.05, 4.69) is 4.98 Å². The molecule has 0 bridgehead atoms. The molecule has 1 amide bonds. The number of hydrogen-bond donors (Lipinski definition) is 4. The second-order valence-corrected chi connectivity index (χ2v) is 5.95. The molecule has 100 valence electrons. The van der Waals surface area contributed by atoms with Crippen molar-refractivity contribution in [2.75, 3.05) is 6.61 Å². The monoisotopic (exact) mass is 322 g/mol. The summed E-state index contributed by atoms with van der Waals surface area (Å²) in [4.78, 5) is 16.7. The van der Waals surface area contributed by atoms with Crippen molar-refractivity contribution in [3.8, 4) is 0 Å². The van der Waals surface area contributed by atoms with Gasteiger partial charge in [-0.25, -0.2) is 0 Å². The molecule has 7 nitrogen and oxygen atoms in total. The van der Waals surface area contributed by atoms with Crippen molar-refractivity contribution in [2.24, 2.45) is 5.73 Å². The quantitative estimate of drug-likeness (QED) is 0.448. The van der Waals surface area contributed by atoms with Gasteiger partial charge in [0, 0.05) is 0 Å². The molecule has 2 rings (SSSR count). The number of nitrogens with zero attached hydrogens (tertiary/aromatic N) is 1. The van der Waals surface area contributed by atoms with Crippen molar-refractivity contribution in [1.29, 1.82) is 0 Å². The molecule has 1 saturated heterocycles. The normalized spacial score (nSPS) is 31.7. The van der Waals surface area contributed by atoms with Crippen LogP contribution in [0.4, 0.5) is 0 Å². The number of aliphatic hydroxyl groups is 3. The Morgan fingerprint density at radius 1 is 1.50 bits per heavy atom. The number of hydrogen-bond acceptors (Lipinski definition) is 6. The molecule has 0 aliphatic carbocycles. The molecule has 8 heteroatoms. The number of ether oxygens (including phenoxy) is 1. The van der Waals surface area contributed by atoms with Crippen molar-refractivity contribution in [3.63, 3.8) is 0 Å². The van der Waals surface area contributed by atoms with Gasteiger partial charge in [-0.05, 0) is 0 Å². The minimum absolute atomic E-state index is 0.0556. The van der Waals surface area contributed by atoms with Gasteiger partial charge >= 0.3 is 109 Å². The Morgan fingerprint density at radius 2 is 2.22 bits per heavy atom. The van der Waals surface area contributed by atoms with Crippen LogP contribution < -0.4 is 5.73 Å². The van der Waals surface area contributed by atoms with Crippen molar-refractivity contribution in [3.05, 3.63) is 15.2 Å². The minimum atomic E-state index is -1.13. The summed E-state index contributed by atoms with van der Waals surface area (Å²) in [6.07, 6.45) is -3.70. The standard InChI is InChI=1S/C10H14N2O5Se/c11-6(14)1-4-3-18-10(12-4)9-8(16)7(15)5(2-13)17-9/h3,5,7-9,13,15-16H,1-2H2,(H2,11,14)/t5-,7-,8-,9-/m1/s1. The van der Waals surface area contributed by atoms with Crippen molar-refractivity contribution in [2.45, 2.75) is 30.8 Å². The molecule has 1 aliphatic heterocycles. The van der Waals surface area contributed by atoms with Crippen LogP contribution in [0.1, 0.15) is 16.4 Å². The zero-order chi connectivity index (χ0) is 13.3. The average Bonchev–Trinajstić information content (AvgIpc) is 2.86. The van der Waals surface area contributed by atoms with Crippen LogP contribution in [-0.2, 0) is 16.0 Å². The number of carbonyl (C=O) groups excluding carboxylic acids is 1. The van der Waals surface area contributed by atoms with Gasteiger partial charge in [-0.1, -0.05) is 0 Å². The van der Waals surface area contributed by atoms with Gasteiger partial charge in [0.25, 0.3) is 0 Å². The van der Waals surface area contributed by atoms with Gasteiger partial charge in [-0.15, -0.1) is 0 Å².